The van der Waals surface area contributed by atoms with Crippen molar-refractivity contribution in [2.45, 2.75) is 45.5 Å². The molecule has 16 heavy (non-hydrogen) atoms. The van der Waals surface area contributed by atoms with Crippen molar-refractivity contribution in [2.24, 2.45) is 0 Å². The zero-order valence-electron chi connectivity index (χ0n) is 10.2. The summed E-state index contributed by atoms with van der Waals surface area (Å²) in [6, 6.07) is 0.353. The molecule has 0 atom stereocenters. The topological polar surface area (TPSA) is 39.9 Å². The molecule has 0 aliphatic carbocycles. The van der Waals surface area contributed by atoms with Gasteiger partial charge in [-0.2, -0.15) is 0 Å². The van der Waals surface area contributed by atoms with Crippen LogP contribution in [-0.4, -0.2) is 28.0 Å². The quantitative estimate of drug-likeness (QED) is 0.548. The molecule has 5 heteroatoms. The van der Waals surface area contributed by atoms with E-state index in [1.165, 1.54) is 0 Å². The molecule has 1 rings (SSSR count). The third-order valence-electron chi connectivity index (χ3n) is 2.37. The maximum absolute atomic E-state index is 5.83. The standard InChI is InChI=1S/C11H20ClN3O/c1-4-16-7-5-6-10-13-14-11(8-12)15(10)9(2)3/h9H,4-8H2,1-3H3. The van der Waals surface area contributed by atoms with E-state index in [0.717, 1.165) is 37.7 Å². The molecule has 1 aromatic heterocycles. The molecular weight excluding hydrogens is 226 g/mol. The molecular formula is C11H20ClN3O. The van der Waals surface area contributed by atoms with Gasteiger partial charge in [-0.3, -0.25) is 0 Å². The van der Waals surface area contributed by atoms with E-state index < -0.39 is 0 Å². The summed E-state index contributed by atoms with van der Waals surface area (Å²) in [7, 11) is 0. The molecule has 0 saturated carbocycles. The monoisotopic (exact) mass is 245 g/mol. The molecule has 1 aromatic rings. The van der Waals surface area contributed by atoms with Crippen LogP contribution in [0.1, 0.15) is 44.9 Å². The summed E-state index contributed by atoms with van der Waals surface area (Å²) in [5.74, 6) is 2.27. The Labute approximate surface area is 102 Å². The van der Waals surface area contributed by atoms with Gasteiger partial charge in [-0.25, -0.2) is 0 Å². The first kappa shape index (κ1) is 13.5. The van der Waals surface area contributed by atoms with E-state index in [4.69, 9.17) is 16.3 Å². The predicted octanol–water partition coefficient (Wildman–Crippen LogP) is 2.57. The summed E-state index contributed by atoms with van der Waals surface area (Å²) in [6.45, 7) is 7.78. The van der Waals surface area contributed by atoms with Crippen molar-refractivity contribution in [3.05, 3.63) is 11.6 Å². The first-order valence-electron chi connectivity index (χ1n) is 5.77. The normalized spacial score (nSPS) is 11.3. The molecule has 0 radical (unpaired) electrons. The summed E-state index contributed by atoms with van der Waals surface area (Å²) in [6.07, 6.45) is 1.86. The van der Waals surface area contributed by atoms with Gasteiger partial charge in [-0.05, 0) is 27.2 Å². The number of hydrogen-bond donors (Lipinski definition) is 0. The highest BCUT2D eigenvalue weighted by atomic mass is 35.5. The maximum atomic E-state index is 5.83. The Kier molecular flexibility index (Phi) is 5.77. The van der Waals surface area contributed by atoms with Gasteiger partial charge in [-0.1, -0.05) is 0 Å². The van der Waals surface area contributed by atoms with Crippen LogP contribution in [0.2, 0.25) is 0 Å². The largest absolute Gasteiger partial charge is 0.382 e. The molecule has 0 bridgehead atoms. The predicted molar refractivity (Wildman–Crippen MR) is 64.8 cm³/mol. The van der Waals surface area contributed by atoms with Gasteiger partial charge >= 0.3 is 0 Å². The smallest absolute Gasteiger partial charge is 0.148 e. The number of rotatable bonds is 7. The third-order valence-corrected chi connectivity index (χ3v) is 2.61. The molecule has 1 heterocycles. The van der Waals surface area contributed by atoms with Gasteiger partial charge in [0.15, 0.2) is 0 Å². The van der Waals surface area contributed by atoms with Crippen LogP contribution in [0.4, 0.5) is 0 Å². The number of ether oxygens (including phenoxy) is 1. The Morgan fingerprint density at radius 2 is 2.00 bits per heavy atom. The first-order chi connectivity index (χ1) is 7.70. The van der Waals surface area contributed by atoms with E-state index in [9.17, 15) is 0 Å². The van der Waals surface area contributed by atoms with Crippen molar-refractivity contribution in [3.63, 3.8) is 0 Å². The van der Waals surface area contributed by atoms with Crippen molar-refractivity contribution in [3.8, 4) is 0 Å². The molecule has 0 amide bonds. The van der Waals surface area contributed by atoms with Crippen LogP contribution in [0.25, 0.3) is 0 Å². The second kappa shape index (κ2) is 6.86. The number of aromatic nitrogens is 3. The lowest BCUT2D eigenvalue weighted by Crippen LogP contribution is -2.10. The van der Waals surface area contributed by atoms with Crippen LogP contribution in [0.5, 0.6) is 0 Å². The van der Waals surface area contributed by atoms with Crippen LogP contribution < -0.4 is 0 Å². The lowest BCUT2D eigenvalue weighted by atomic mass is 10.3. The van der Waals surface area contributed by atoms with Crippen LogP contribution in [0.3, 0.4) is 0 Å². The molecule has 92 valence electrons. The zero-order chi connectivity index (χ0) is 12.0. The van der Waals surface area contributed by atoms with Crippen molar-refractivity contribution >= 4 is 11.6 Å². The van der Waals surface area contributed by atoms with Gasteiger partial charge in [0.25, 0.3) is 0 Å². The molecule has 0 fully saturated rings. The molecule has 0 unspecified atom stereocenters. The number of alkyl halides is 1. The molecule has 0 N–H and O–H groups in total. The Hall–Kier alpha value is -0.610. The van der Waals surface area contributed by atoms with Crippen molar-refractivity contribution in [1.29, 1.82) is 0 Å². The molecule has 0 aliphatic heterocycles. The summed E-state index contributed by atoms with van der Waals surface area (Å²) < 4.78 is 7.42. The first-order valence-corrected chi connectivity index (χ1v) is 6.30. The van der Waals surface area contributed by atoms with Gasteiger partial charge in [-0.15, -0.1) is 21.8 Å². The fraction of sp³-hybridized carbons (Fsp3) is 0.818. The summed E-state index contributed by atoms with van der Waals surface area (Å²) in [5.41, 5.74) is 0. The van der Waals surface area contributed by atoms with E-state index >= 15 is 0 Å². The minimum absolute atomic E-state index is 0.353. The van der Waals surface area contributed by atoms with Crippen LogP contribution in [-0.2, 0) is 17.0 Å². The molecule has 0 aromatic carbocycles. The SMILES string of the molecule is CCOCCCc1nnc(CCl)n1C(C)C. The molecule has 4 nitrogen and oxygen atoms in total. The third kappa shape index (κ3) is 3.46. The second-order valence-electron chi connectivity index (χ2n) is 3.93. The summed E-state index contributed by atoms with van der Waals surface area (Å²) >= 11 is 5.83. The van der Waals surface area contributed by atoms with E-state index in [0.29, 0.717) is 11.9 Å². The lowest BCUT2D eigenvalue weighted by molar-refractivity contribution is 0.144. The maximum Gasteiger partial charge on any atom is 0.148 e. The highest BCUT2D eigenvalue weighted by molar-refractivity contribution is 6.16. The van der Waals surface area contributed by atoms with Gasteiger partial charge in [0, 0.05) is 25.7 Å². The number of nitrogens with zero attached hydrogens (tertiary/aromatic N) is 3. The Morgan fingerprint density at radius 3 is 2.56 bits per heavy atom. The van der Waals surface area contributed by atoms with E-state index in [1.807, 2.05) is 6.92 Å². The second-order valence-corrected chi connectivity index (χ2v) is 4.20. The van der Waals surface area contributed by atoms with Gasteiger partial charge < -0.3 is 9.30 Å². The van der Waals surface area contributed by atoms with E-state index in [-0.39, 0.29) is 0 Å². The van der Waals surface area contributed by atoms with Crippen molar-refractivity contribution in [2.75, 3.05) is 13.2 Å². The Bertz CT molecular complexity index is 312. The molecule has 0 spiro atoms. The lowest BCUT2D eigenvalue weighted by Gasteiger charge is -2.12. The Balaban J connectivity index is 2.61. The van der Waals surface area contributed by atoms with Crippen molar-refractivity contribution in [1.82, 2.24) is 14.8 Å². The highest BCUT2D eigenvalue weighted by Crippen LogP contribution is 2.14. The van der Waals surface area contributed by atoms with Crippen molar-refractivity contribution < 1.29 is 4.74 Å². The van der Waals surface area contributed by atoms with Crippen LogP contribution in [0, 0.1) is 0 Å². The number of aryl methyl sites for hydroxylation is 1. The van der Waals surface area contributed by atoms with Gasteiger partial charge in [0.05, 0.1) is 5.88 Å². The zero-order valence-corrected chi connectivity index (χ0v) is 11.0. The highest BCUT2D eigenvalue weighted by Gasteiger charge is 2.13. The van der Waals surface area contributed by atoms with E-state index in [1.54, 1.807) is 0 Å². The average Bonchev–Trinajstić information content (AvgIpc) is 2.67. The van der Waals surface area contributed by atoms with Gasteiger partial charge in [0.2, 0.25) is 0 Å². The van der Waals surface area contributed by atoms with E-state index in [2.05, 4.69) is 28.6 Å². The van der Waals surface area contributed by atoms with Gasteiger partial charge in [0.1, 0.15) is 11.6 Å². The molecule has 0 aliphatic rings. The summed E-state index contributed by atoms with van der Waals surface area (Å²) in [5, 5.41) is 8.27. The minimum Gasteiger partial charge on any atom is -0.382 e. The van der Waals surface area contributed by atoms with Crippen LogP contribution >= 0.6 is 11.6 Å². The van der Waals surface area contributed by atoms with Crippen LogP contribution in [0.15, 0.2) is 0 Å². The number of hydrogen-bond acceptors (Lipinski definition) is 3. The molecule has 0 saturated heterocycles. The fourth-order valence-corrected chi connectivity index (χ4v) is 1.88. The fourth-order valence-electron chi connectivity index (χ4n) is 1.70. The minimum atomic E-state index is 0.353. The summed E-state index contributed by atoms with van der Waals surface area (Å²) in [4.78, 5) is 0. The average molecular weight is 246 g/mol. The Morgan fingerprint density at radius 1 is 1.31 bits per heavy atom. The number of halogens is 1.